The Bertz CT molecular complexity index is 438. The lowest BCUT2D eigenvalue weighted by molar-refractivity contribution is 0.0152. The second-order valence-electron chi connectivity index (χ2n) is 8.70. The number of likely N-dealkylation sites (tertiary alicyclic amines) is 1. The highest BCUT2D eigenvalue weighted by atomic mass is 16.6. The predicted octanol–water partition coefficient (Wildman–Crippen LogP) is 3.70. The summed E-state index contributed by atoms with van der Waals surface area (Å²) in [4.78, 5) is 13.9. The summed E-state index contributed by atoms with van der Waals surface area (Å²) >= 11 is 0. The summed E-state index contributed by atoms with van der Waals surface area (Å²) in [7, 11) is 0. The largest absolute Gasteiger partial charge is 0.444 e. The highest BCUT2D eigenvalue weighted by molar-refractivity contribution is 5.68. The Morgan fingerprint density at radius 2 is 1.83 bits per heavy atom. The van der Waals surface area contributed by atoms with Crippen LogP contribution in [0.3, 0.4) is 0 Å². The minimum absolute atomic E-state index is 0.0441. The molecule has 1 amide bonds. The maximum absolute atomic E-state index is 12.1. The van der Waals surface area contributed by atoms with Crippen molar-refractivity contribution in [1.82, 2.24) is 10.2 Å². The van der Waals surface area contributed by atoms with Gasteiger partial charge in [-0.2, -0.15) is 5.26 Å². The van der Waals surface area contributed by atoms with Gasteiger partial charge in [-0.15, -0.1) is 0 Å². The van der Waals surface area contributed by atoms with Crippen LogP contribution >= 0.6 is 0 Å². The Kier molecular flexibility index (Phi) is 6.47. The Hall–Kier alpha value is -1.28. The highest BCUT2D eigenvalue weighted by Crippen LogP contribution is 2.27. The van der Waals surface area contributed by atoms with Gasteiger partial charge < -0.3 is 15.0 Å². The summed E-state index contributed by atoms with van der Waals surface area (Å²) in [6.07, 6.45) is 3.11. The second-order valence-corrected chi connectivity index (χ2v) is 8.70. The third-order valence-corrected chi connectivity index (χ3v) is 4.43. The number of hydrogen-bond donors (Lipinski definition) is 1. The minimum atomic E-state index is -0.444. The monoisotopic (exact) mass is 323 g/mol. The van der Waals surface area contributed by atoms with Crippen molar-refractivity contribution in [3.05, 3.63) is 0 Å². The van der Waals surface area contributed by atoms with Gasteiger partial charge in [0.05, 0.1) is 6.07 Å². The fraction of sp³-hybridized carbons (Fsp3) is 0.889. The second kappa shape index (κ2) is 7.53. The van der Waals surface area contributed by atoms with Gasteiger partial charge in [-0.05, 0) is 52.4 Å². The number of ether oxygens (including phenoxy) is 1. The summed E-state index contributed by atoms with van der Waals surface area (Å²) in [6, 6.07) is 2.22. The molecule has 1 aliphatic rings. The number of carbonyl (C=O) groups excluding carboxylic acids is 1. The van der Waals surface area contributed by atoms with Gasteiger partial charge in [0.2, 0.25) is 0 Å². The van der Waals surface area contributed by atoms with Crippen molar-refractivity contribution in [3.63, 3.8) is 0 Å². The van der Waals surface area contributed by atoms with Crippen molar-refractivity contribution in [2.75, 3.05) is 19.6 Å². The number of nitriles is 1. The normalized spacial score (nSPS) is 18.4. The number of nitrogens with zero attached hydrogens (tertiary/aromatic N) is 2. The van der Waals surface area contributed by atoms with Crippen molar-refractivity contribution in [3.8, 4) is 6.07 Å². The molecule has 1 rings (SSSR count). The topological polar surface area (TPSA) is 65.4 Å². The van der Waals surface area contributed by atoms with Crippen molar-refractivity contribution < 1.29 is 9.53 Å². The summed E-state index contributed by atoms with van der Waals surface area (Å²) in [6.45, 7) is 14.6. The number of amides is 1. The SMILES string of the molecule is CC(C)(CCC#N)CNC1(C)CCN(C(=O)OC(C)(C)C)CC1. The van der Waals surface area contributed by atoms with E-state index >= 15 is 0 Å². The van der Waals surface area contributed by atoms with E-state index in [1.165, 1.54) is 0 Å². The Balaban J connectivity index is 2.45. The van der Waals surface area contributed by atoms with Crippen LogP contribution in [0.15, 0.2) is 0 Å². The van der Waals surface area contributed by atoms with Crippen LogP contribution in [0.4, 0.5) is 4.79 Å². The number of carbonyl (C=O) groups is 1. The molecule has 1 aliphatic heterocycles. The van der Waals surface area contributed by atoms with Crippen LogP contribution in [-0.2, 0) is 4.74 Å². The standard InChI is InChI=1S/C18H33N3O2/c1-16(2,3)23-15(22)21-12-9-18(6,10-13-21)20-14-17(4,5)8-7-11-19/h20H,7-10,12-14H2,1-6H3. The zero-order chi connectivity index (χ0) is 17.7. The van der Waals surface area contributed by atoms with E-state index in [4.69, 9.17) is 10.00 Å². The Morgan fingerprint density at radius 1 is 1.26 bits per heavy atom. The molecule has 0 aliphatic carbocycles. The first-order valence-electron chi connectivity index (χ1n) is 8.56. The third kappa shape index (κ3) is 7.22. The molecule has 0 aromatic carbocycles. The van der Waals surface area contributed by atoms with Gasteiger partial charge in [0.1, 0.15) is 5.60 Å². The molecule has 5 heteroatoms. The van der Waals surface area contributed by atoms with E-state index in [0.29, 0.717) is 6.42 Å². The van der Waals surface area contributed by atoms with Gasteiger partial charge in [-0.1, -0.05) is 13.8 Å². The summed E-state index contributed by atoms with van der Waals surface area (Å²) in [5.74, 6) is 0. The van der Waals surface area contributed by atoms with Crippen LogP contribution in [0.1, 0.15) is 67.2 Å². The molecule has 1 N–H and O–H groups in total. The molecular formula is C18H33N3O2. The fourth-order valence-electron chi connectivity index (χ4n) is 2.62. The van der Waals surface area contributed by atoms with Crippen molar-refractivity contribution in [2.24, 2.45) is 5.41 Å². The maximum Gasteiger partial charge on any atom is 0.410 e. The van der Waals surface area contributed by atoms with Crippen LogP contribution < -0.4 is 5.32 Å². The third-order valence-electron chi connectivity index (χ3n) is 4.43. The summed E-state index contributed by atoms with van der Waals surface area (Å²) in [5, 5.41) is 12.4. The molecule has 0 bridgehead atoms. The molecule has 0 aromatic rings. The van der Waals surface area contributed by atoms with Gasteiger partial charge in [-0.25, -0.2) is 4.79 Å². The smallest absolute Gasteiger partial charge is 0.410 e. The van der Waals surface area contributed by atoms with Gasteiger partial charge in [0.25, 0.3) is 0 Å². The molecule has 5 nitrogen and oxygen atoms in total. The molecule has 0 unspecified atom stereocenters. The fourth-order valence-corrected chi connectivity index (χ4v) is 2.62. The van der Waals surface area contributed by atoms with Crippen LogP contribution in [0.5, 0.6) is 0 Å². The molecule has 1 fully saturated rings. The number of rotatable bonds is 5. The first-order chi connectivity index (χ1) is 10.5. The van der Waals surface area contributed by atoms with Gasteiger partial charge >= 0.3 is 6.09 Å². The van der Waals surface area contributed by atoms with Gasteiger partial charge in [0, 0.05) is 31.6 Å². The average Bonchev–Trinajstić information content (AvgIpc) is 2.42. The molecule has 132 valence electrons. The quantitative estimate of drug-likeness (QED) is 0.838. The average molecular weight is 323 g/mol. The molecule has 0 radical (unpaired) electrons. The minimum Gasteiger partial charge on any atom is -0.444 e. The van der Waals surface area contributed by atoms with E-state index in [1.54, 1.807) is 4.90 Å². The van der Waals surface area contributed by atoms with E-state index in [1.807, 2.05) is 20.8 Å². The van der Waals surface area contributed by atoms with E-state index < -0.39 is 5.60 Å². The van der Waals surface area contributed by atoms with E-state index in [0.717, 1.165) is 38.9 Å². The van der Waals surface area contributed by atoms with Crippen LogP contribution in [0.2, 0.25) is 0 Å². The Labute approximate surface area is 141 Å². The summed E-state index contributed by atoms with van der Waals surface area (Å²) < 4.78 is 5.44. The zero-order valence-electron chi connectivity index (χ0n) is 15.7. The number of hydrogen-bond acceptors (Lipinski definition) is 4. The first kappa shape index (κ1) is 19.8. The molecule has 0 spiro atoms. The predicted molar refractivity (Wildman–Crippen MR) is 92.1 cm³/mol. The molecule has 0 saturated carbocycles. The zero-order valence-corrected chi connectivity index (χ0v) is 15.7. The van der Waals surface area contributed by atoms with Crippen LogP contribution in [0.25, 0.3) is 0 Å². The molecular weight excluding hydrogens is 290 g/mol. The lowest BCUT2D eigenvalue weighted by atomic mass is 9.84. The lowest BCUT2D eigenvalue weighted by Gasteiger charge is -2.42. The van der Waals surface area contributed by atoms with E-state index in [-0.39, 0.29) is 17.0 Å². The molecule has 0 atom stereocenters. The first-order valence-corrected chi connectivity index (χ1v) is 8.56. The van der Waals surface area contributed by atoms with Crippen molar-refractivity contribution >= 4 is 6.09 Å². The number of piperidine rings is 1. The van der Waals surface area contributed by atoms with Crippen molar-refractivity contribution in [1.29, 1.82) is 5.26 Å². The van der Waals surface area contributed by atoms with E-state index in [2.05, 4.69) is 32.2 Å². The Morgan fingerprint density at radius 3 is 2.30 bits per heavy atom. The van der Waals surface area contributed by atoms with Gasteiger partial charge in [-0.3, -0.25) is 0 Å². The lowest BCUT2D eigenvalue weighted by Crippen LogP contribution is -2.54. The maximum atomic E-state index is 12.1. The number of nitrogens with one attached hydrogen (secondary N) is 1. The molecule has 23 heavy (non-hydrogen) atoms. The van der Waals surface area contributed by atoms with Crippen molar-refractivity contribution in [2.45, 2.75) is 78.4 Å². The van der Waals surface area contributed by atoms with E-state index in [9.17, 15) is 4.79 Å². The van der Waals surface area contributed by atoms with Crippen LogP contribution in [-0.4, -0.2) is 41.8 Å². The molecule has 1 saturated heterocycles. The van der Waals surface area contributed by atoms with Gasteiger partial charge in [0.15, 0.2) is 0 Å². The summed E-state index contributed by atoms with van der Waals surface area (Å²) in [5.41, 5.74) is -0.287. The van der Waals surface area contributed by atoms with Crippen LogP contribution in [0, 0.1) is 16.7 Å². The highest BCUT2D eigenvalue weighted by Gasteiger charge is 2.34. The molecule has 1 heterocycles. The molecule has 0 aromatic heterocycles.